The minimum Gasteiger partial charge on any atom is -0.493 e. The number of nitrogens with zero attached hydrogens (tertiary/aromatic N) is 1. The van der Waals surface area contributed by atoms with E-state index < -0.39 is 5.82 Å². The van der Waals surface area contributed by atoms with Crippen LogP contribution in [0, 0.1) is 27.8 Å². The molecule has 105 valence electrons. The van der Waals surface area contributed by atoms with Crippen LogP contribution in [0.5, 0.6) is 5.75 Å². The maximum atomic E-state index is 14.1. The normalized spacial score (nSPS) is 9.62. The summed E-state index contributed by atoms with van der Waals surface area (Å²) >= 11 is 1.91. The minimum absolute atomic E-state index is 0. The Morgan fingerprint density at radius 3 is 2.90 bits per heavy atom. The van der Waals surface area contributed by atoms with Crippen LogP contribution in [0.2, 0.25) is 0 Å². The van der Waals surface area contributed by atoms with Crippen LogP contribution in [-0.2, 0) is 39.8 Å². The zero-order valence-corrected chi connectivity index (χ0v) is 16.2. The molecule has 3 nitrogen and oxygen atoms in total. The SMILES string of the molecule is C#CCOc1cccc(F)c1-c1[c-]cc(I)c(=O)n1C.[Y]. The molecule has 0 spiro atoms. The number of benzene rings is 1. The Hall–Kier alpha value is -0.706. The van der Waals surface area contributed by atoms with Crippen molar-refractivity contribution in [2.24, 2.45) is 7.05 Å². The second-order valence-electron chi connectivity index (χ2n) is 3.96. The van der Waals surface area contributed by atoms with Crippen molar-refractivity contribution in [3.8, 4) is 29.4 Å². The fourth-order valence-corrected chi connectivity index (χ4v) is 2.28. The first-order chi connectivity index (χ1) is 9.56. The van der Waals surface area contributed by atoms with Gasteiger partial charge < -0.3 is 9.30 Å². The zero-order valence-electron chi connectivity index (χ0n) is 11.2. The molecule has 0 amide bonds. The molecule has 0 saturated heterocycles. The van der Waals surface area contributed by atoms with Gasteiger partial charge in [0.05, 0.1) is 11.6 Å². The van der Waals surface area contributed by atoms with Gasteiger partial charge in [-0.05, 0) is 21.3 Å². The zero-order chi connectivity index (χ0) is 14.7. The van der Waals surface area contributed by atoms with Gasteiger partial charge in [-0.15, -0.1) is 29.0 Å². The molecule has 1 aromatic heterocycles. The van der Waals surface area contributed by atoms with Crippen molar-refractivity contribution >= 4 is 22.6 Å². The van der Waals surface area contributed by atoms with Crippen LogP contribution in [0.1, 0.15) is 0 Å². The summed E-state index contributed by atoms with van der Waals surface area (Å²) in [7, 11) is 1.56. The second-order valence-corrected chi connectivity index (χ2v) is 5.12. The molecule has 1 aromatic carbocycles. The van der Waals surface area contributed by atoms with Crippen LogP contribution in [0.3, 0.4) is 0 Å². The van der Waals surface area contributed by atoms with Crippen molar-refractivity contribution in [1.29, 1.82) is 0 Å². The van der Waals surface area contributed by atoms with Gasteiger partial charge in [0, 0.05) is 39.8 Å². The molecule has 0 aliphatic heterocycles. The van der Waals surface area contributed by atoms with E-state index in [0.717, 1.165) is 0 Å². The third-order valence-electron chi connectivity index (χ3n) is 2.70. The van der Waals surface area contributed by atoms with Crippen molar-refractivity contribution in [3.63, 3.8) is 0 Å². The number of hydrogen-bond acceptors (Lipinski definition) is 2. The quantitative estimate of drug-likeness (QED) is 0.392. The van der Waals surface area contributed by atoms with E-state index >= 15 is 0 Å². The van der Waals surface area contributed by atoms with Gasteiger partial charge in [-0.3, -0.25) is 4.79 Å². The van der Waals surface area contributed by atoms with Crippen molar-refractivity contribution in [2.45, 2.75) is 0 Å². The molecule has 1 radical (unpaired) electrons. The Balaban J connectivity index is 0.00000220. The van der Waals surface area contributed by atoms with Gasteiger partial charge in [-0.25, -0.2) is 4.39 Å². The predicted octanol–water partition coefficient (Wildman–Crippen LogP) is 2.61. The van der Waals surface area contributed by atoms with Gasteiger partial charge in [0.2, 0.25) is 5.56 Å². The number of terminal acetylenes is 1. The van der Waals surface area contributed by atoms with Gasteiger partial charge in [0.1, 0.15) is 6.61 Å². The molecule has 0 saturated carbocycles. The fourth-order valence-electron chi connectivity index (χ4n) is 1.77. The van der Waals surface area contributed by atoms with Crippen molar-refractivity contribution in [1.82, 2.24) is 4.57 Å². The number of halogens is 2. The molecule has 0 fully saturated rings. The molecule has 2 aromatic rings. The van der Waals surface area contributed by atoms with E-state index in [1.807, 2.05) is 22.6 Å². The van der Waals surface area contributed by atoms with Crippen LogP contribution in [0.25, 0.3) is 11.3 Å². The standard InChI is InChI=1S/C15H10FINO2.Y/c1-3-9-20-13-6-4-5-10(16)14(13)12-8-7-11(17)15(19)18(12)2;/h1,4-7H,9H2,2H3;/q-1;. The number of hydrogen-bond donors (Lipinski definition) is 0. The number of ether oxygens (including phenoxy) is 1. The van der Waals surface area contributed by atoms with Crippen LogP contribution in [0.15, 0.2) is 29.1 Å². The number of aromatic nitrogens is 1. The van der Waals surface area contributed by atoms with E-state index in [1.165, 1.54) is 22.8 Å². The van der Waals surface area contributed by atoms with Gasteiger partial charge in [-0.1, -0.05) is 17.7 Å². The molecule has 0 bridgehead atoms. The maximum Gasteiger partial charge on any atom is 0.207 e. The Labute approximate surface area is 160 Å². The Bertz CT molecular complexity index is 752. The Kier molecular flexibility index (Phi) is 7.05. The fraction of sp³-hybridized carbons (Fsp3) is 0.133. The second kappa shape index (κ2) is 8.07. The van der Waals surface area contributed by atoms with Crippen molar-refractivity contribution in [2.75, 3.05) is 6.61 Å². The third kappa shape index (κ3) is 3.94. The van der Waals surface area contributed by atoms with Gasteiger partial charge in [-0.2, -0.15) is 12.1 Å². The molecular formula is C15H10FINO2Y-. The van der Waals surface area contributed by atoms with Gasteiger partial charge in [0.15, 0.2) is 0 Å². The molecule has 0 atom stereocenters. The van der Waals surface area contributed by atoms with Crippen LogP contribution in [-0.4, -0.2) is 11.2 Å². The Morgan fingerprint density at radius 2 is 2.24 bits per heavy atom. The summed E-state index contributed by atoms with van der Waals surface area (Å²) in [6.07, 6.45) is 5.14. The third-order valence-corrected chi connectivity index (χ3v) is 3.48. The van der Waals surface area contributed by atoms with Crippen LogP contribution < -0.4 is 10.3 Å². The van der Waals surface area contributed by atoms with Crippen molar-refractivity contribution in [3.05, 3.63) is 50.1 Å². The molecular weight excluding hydrogens is 461 g/mol. The number of rotatable bonds is 3. The van der Waals surface area contributed by atoms with Gasteiger partial charge >= 0.3 is 0 Å². The monoisotopic (exact) mass is 471 g/mol. The average molecular weight is 471 g/mol. The van der Waals surface area contributed by atoms with E-state index in [-0.39, 0.29) is 56.2 Å². The molecule has 0 aliphatic carbocycles. The first-order valence-electron chi connectivity index (χ1n) is 5.68. The smallest absolute Gasteiger partial charge is 0.207 e. The largest absolute Gasteiger partial charge is 0.493 e. The summed E-state index contributed by atoms with van der Waals surface area (Å²) in [5, 5.41) is 0. The number of pyridine rings is 1. The van der Waals surface area contributed by atoms with Crippen LogP contribution in [0.4, 0.5) is 4.39 Å². The summed E-state index contributed by atoms with van der Waals surface area (Å²) in [6.45, 7) is 0.0226. The molecule has 0 aliphatic rings. The van der Waals surface area contributed by atoms with E-state index in [0.29, 0.717) is 9.26 Å². The van der Waals surface area contributed by atoms with E-state index in [4.69, 9.17) is 11.2 Å². The minimum atomic E-state index is -0.494. The summed E-state index contributed by atoms with van der Waals surface area (Å²) in [5.41, 5.74) is 0.282. The molecule has 0 unspecified atom stereocenters. The average Bonchev–Trinajstić information content (AvgIpc) is 2.44. The molecule has 0 N–H and O–H groups in total. The summed E-state index contributed by atoms with van der Waals surface area (Å²) in [5.74, 6) is 2.12. The summed E-state index contributed by atoms with van der Waals surface area (Å²) in [6, 6.07) is 8.85. The van der Waals surface area contributed by atoms with E-state index in [9.17, 15) is 9.18 Å². The molecule has 1 heterocycles. The predicted molar refractivity (Wildman–Crippen MR) is 83.0 cm³/mol. The summed E-state index contributed by atoms with van der Waals surface area (Å²) in [4.78, 5) is 11.9. The van der Waals surface area contributed by atoms with E-state index in [2.05, 4.69) is 12.0 Å². The molecule has 6 heteroatoms. The summed E-state index contributed by atoms with van der Waals surface area (Å²) < 4.78 is 21.3. The van der Waals surface area contributed by atoms with Crippen molar-refractivity contribution < 1.29 is 41.8 Å². The van der Waals surface area contributed by atoms with Gasteiger partial charge in [0.25, 0.3) is 0 Å². The first kappa shape index (κ1) is 18.3. The topological polar surface area (TPSA) is 31.2 Å². The maximum absolute atomic E-state index is 14.1. The molecule has 2 rings (SSSR count). The first-order valence-corrected chi connectivity index (χ1v) is 6.76. The van der Waals surface area contributed by atoms with Crippen LogP contribution >= 0.6 is 22.6 Å². The Morgan fingerprint density at radius 1 is 1.52 bits per heavy atom. The van der Waals surface area contributed by atoms with E-state index in [1.54, 1.807) is 13.1 Å². The molecule has 21 heavy (non-hydrogen) atoms.